The van der Waals surface area contributed by atoms with Gasteiger partial charge in [0.25, 0.3) is 5.91 Å². The molecule has 1 N–H and O–H groups in total. The van der Waals surface area contributed by atoms with E-state index in [0.717, 1.165) is 25.9 Å². The van der Waals surface area contributed by atoms with Gasteiger partial charge in [-0.1, -0.05) is 0 Å². The summed E-state index contributed by atoms with van der Waals surface area (Å²) in [5.41, 5.74) is 1.14. The van der Waals surface area contributed by atoms with E-state index in [1.807, 2.05) is 0 Å². The van der Waals surface area contributed by atoms with Crippen LogP contribution in [-0.4, -0.2) is 34.7 Å². The van der Waals surface area contributed by atoms with E-state index >= 15 is 0 Å². The highest BCUT2D eigenvalue weighted by Crippen LogP contribution is 2.14. The Kier molecular flexibility index (Phi) is 4.48. The molecule has 1 aliphatic rings. The molecule has 0 radical (unpaired) electrons. The number of nitrogens with zero attached hydrogens (tertiary/aromatic N) is 2. The lowest BCUT2D eigenvalue weighted by molar-refractivity contribution is 0.0922. The van der Waals surface area contributed by atoms with Gasteiger partial charge in [-0.05, 0) is 43.5 Å². The number of ether oxygens (including phenoxy) is 1. The summed E-state index contributed by atoms with van der Waals surface area (Å²) in [6, 6.07) is 6.08. The molecule has 1 unspecified atom stereocenters. The summed E-state index contributed by atoms with van der Waals surface area (Å²) >= 11 is 0. The van der Waals surface area contributed by atoms with Crippen LogP contribution < -0.4 is 5.32 Å². The van der Waals surface area contributed by atoms with Gasteiger partial charge in [0.15, 0.2) is 0 Å². The van der Waals surface area contributed by atoms with Crippen LogP contribution in [0, 0.1) is 5.82 Å². The molecule has 0 spiro atoms. The van der Waals surface area contributed by atoms with Crippen LogP contribution in [0.5, 0.6) is 0 Å². The number of amides is 1. The molecule has 1 aromatic heterocycles. The number of carbonyl (C=O) groups excluding carboxylic acids is 1. The maximum atomic E-state index is 13.0. The van der Waals surface area contributed by atoms with E-state index in [1.54, 1.807) is 23.0 Å². The molecule has 3 rings (SSSR count). The van der Waals surface area contributed by atoms with Crippen LogP contribution in [-0.2, 0) is 4.74 Å². The minimum Gasteiger partial charge on any atom is -0.381 e. The number of halogens is 1. The fourth-order valence-electron chi connectivity index (χ4n) is 2.58. The molecule has 116 valence electrons. The second-order valence-electron chi connectivity index (χ2n) is 5.34. The highest BCUT2D eigenvalue weighted by Gasteiger charge is 2.19. The Labute approximate surface area is 128 Å². The lowest BCUT2D eigenvalue weighted by Gasteiger charge is -2.16. The number of hydrogen-bond donors (Lipinski definition) is 1. The predicted molar refractivity (Wildman–Crippen MR) is 79.4 cm³/mol. The van der Waals surface area contributed by atoms with Crippen LogP contribution in [0.2, 0.25) is 0 Å². The average molecular weight is 303 g/mol. The number of hydrogen-bond acceptors (Lipinski definition) is 3. The molecule has 1 atom stereocenters. The number of rotatable bonds is 3. The van der Waals surface area contributed by atoms with Gasteiger partial charge < -0.3 is 10.1 Å². The van der Waals surface area contributed by atoms with Gasteiger partial charge in [-0.15, -0.1) is 0 Å². The van der Waals surface area contributed by atoms with Crippen molar-refractivity contribution in [3.05, 3.63) is 48.3 Å². The van der Waals surface area contributed by atoms with Gasteiger partial charge in [0.1, 0.15) is 11.5 Å². The first-order chi connectivity index (χ1) is 10.7. The Morgan fingerprint density at radius 1 is 1.27 bits per heavy atom. The number of nitrogens with one attached hydrogen (secondary N) is 1. The maximum absolute atomic E-state index is 13.0. The van der Waals surface area contributed by atoms with Gasteiger partial charge in [0.05, 0.1) is 12.5 Å². The smallest absolute Gasteiger partial charge is 0.270 e. The highest BCUT2D eigenvalue weighted by atomic mass is 19.1. The molecule has 0 saturated carbocycles. The lowest BCUT2D eigenvalue weighted by Crippen LogP contribution is -2.36. The first kappa shape index (κ1) is 14.7. The molecule has 1 amide bonds. The van der Waals surface area contributed by atoms with Crippen molar-refractivity contribution in [3.63, 3.8) is 0 Å². The summed E-state index contributed by atoms with van der Waals surface area (Å²) in [6.45, 7) is 1.42. The lowest BCUT2D eigenvalue weighted by atomic mass is 10.1. The third kappa shape index (κ3) is 3.33. The Morgan fingerprint density at radius 2 is 2.09 bits per heavy atom. The summed E-state index contributed by atoms with van der Waals surface area (Å²) < 4.78 is 20.1. The van der Waals surface area contributed by atoms with Crippen molar-refractivity contribution in [2.75, 3.05) is 13.2 Å². The normalized spacial score (nSPS) is 18.7. The van der Waals surface area contributed by atoms with Crippen molar-refractivity contribution in [2.24, 2.45) is 0 Å². The predicted octanol–water partition coefficient (Wildman–Crippen LogP) is 2.31. The van der Waals surface area contributed by atoms with Gasteiger partial charge in [-0.25, -0.2) is 9.37 Å². The topological polar surface area (TPSA) is 56.1 Å². The summed E-state index contributed by atoms with van der Waals surface area (Å²) in [5.74, 6) is -0.484. The molecule has 1 aliphatic heterocycles. The Hall–Kier alpha value is -2.21. The standard InChI is InChI=1S/C16H18FN3O2/c17-12-3-5-14(6-4-12)20-11-18-10-15(20)16(21)19-13-2-1-8-22-9-7-13/h3-6,10-11,13H,1-2,7-9H2,(H,19,21). The number of carbonyl (C=O) groups is 1. The van der Waals surface area contributed by atoms with Gasteiger partial charge in [0.2, 0.25) is 0 Å². The minimum atomic E-state index is -0.312. The van der Waals surface area contributed by atoms with E-state index < -0.39 is 0 Å². The fraction of sp³-hybridized carbons (Fsp3) is 0.375. The second kappa shape index (κ2) is 6.70. The van der Waals surface area contributed by atoms with Crippen LogP contribution in [0.25, 0.3) is 5.69 Å². The van der Waals surface area contributed by atoms with Crippen molar-refractivity contribution in [3.8, 4) is 5.69 Å². The quantitative estimate of drug-likeness (QED) is 0.946. The van der Waals surface area contributed by atoms with E-state index in [4.69, 9.17) is 4.74 Å². The molecular formula is C16H18FN3O2. The van der Waals surface area contributed by atoms with Gasteiger partial charge in [0, 0.05) is 24.9 Å². The molecule has 2 aromatic rings. The molecule has 22 heavy (non-hydrogen) atoms. The van der Waals surface area contributed by atoms with E-state index in [2.05, 4.69) is 10.3 Å². The summed E-state index contributed by atoms with van der Waals surface area (Å²) in [6.07, 6.45) is 5.75. The second-order valence-corrected chi connectivity index (χ2v) is 5.34. The fourth-order valence-corrected chi connectivity index (χ4v) is 2.58. The first-order valence-electron chi connectivity index (χ1n) is 7.41. The van der Waals surface area contributed by atoms with Crippen LogP contribution in [0.4, 0.5) is 4.39 Å². The molecule has 0 aliphatic carbocycles. The molecule has 1 aromatic carbocycles. The van der Waals surface area contributed by atoms with Crippen LogP contribution >= 0.6 is 0 Å². The Morgan fingerprint density at radius 3 is 2.91 bits per heavy atom. The van der Waals surface area contributed by atoms with Crippen molar-refractivity contribution < 1.29 is 13.9 Å². The van der Waals surface area contributed by atoms with Crippen LogP contribution in [0.3, 0.4) is 0 Å². The van der Waals surface area contributed by atoms with E-state index in [0.29, 0.717) is 18.0 Å². The molecular weight excluding hydrogens is 285 g/mol. The zero-order valence-electron chi connectivity index (χ0n) is 12.2. The zero-order chi connectivity index (χ0) is 15.4. The van der Waals surface area contributed by atoms with E-state index in [9.17, 15) is 9.18 Å². The first-order valence-corrected chi connectivity index (χ1v) is 7.41. The average Bonchev–Trinajstić information content (AvgIpc) is 2.87. The maximum Gasteiger partial charge on any atom is 0.270 e. The zero-order valence-corrected chi connectivity index (χ0v) is 12.2. The summed E-state index contributed by atoms with van der Waals surface area (Å²) in [5, 5.41) is 3.03. The van der Waals surface area contributed by atoms with Crippen molar-refractivity contribution in [1.82, 2.24) is 14.9 Å². The van der Waals surface area contributed by atoms with Crippen LogP contribution in [0.15, 0.2) is 36.8 Å². The Balaban J connectivity index is 1.76. The highest BCUT2D eigenvalue weighted by molar-refractivity contribution is 5.93. The van der Waals surface area contributed by atoms with Gasteiger partial charge in [-0.3, -0.25) is 9.36 Å². The molecule has 2 heterocycles. The van der Waals surface area contributed by atoms with Crippen molar-refractivity contribution in [1.29, 1.82) is 0 Å². The van der Waals surface area contributed by atoms with Crippen molar-refractivity contribution in [2.45, 2.75) is 25.3 Å². The monoisotopic (exact) mass is 303 g/mol. The number of benzene rings is 1. The number of imidazole rings is 1. The molecule has 1 fully saturated rings. The molecule has 6 heteroatoms. The van der Waals surface area contributed by atoms with Gasteiger partial charge in [-0.2, -0.15) is 0 Å². The Bertz CT molecular complexity index is 631. The molecule has 0 bridgehead atoms. The molecule has 1 saturated heterocycles. The largest absolute Gasteiger partial charge is 0.381 e. The minimum absolute atomic E-state index is 0.117. The summed E-state index contributed by atoms with van der Waals surface area (Å²) in [4.78, 5) is 16.5. The third-order valence-electron chi connectivity index (χ3n) is 3.76. The third-order valence-corrected chi connectivity index (χ3v) is 3.76. The van der Waals surface area contributed by atoms with E-state index in [-0.39, 0.29) is 17.8 Å². The molecule has 5 nitrogen and oxygen atoms in total. The van der Waals surface area contributed by atoms with Crippen molar-refractivity contribution >= 4 is 5.91 Å². The van der Waals surface area contributed by atoms with E-state index in [1.165, 1.54) is 18.3 Å². The number of aromatic nitrogens is 2. The summed E-state index contributed by atoms with van der Waals surface area (Å²) in [7, 11) is 0. The SMILES string of the molecule is O=C(NC1CCCOCC1)c1cncn1-c1ccc(F)cc1. The van der Waals surface area contributed by atoms with Crippen LogP contribution in [0.1, 0.15) is 29.8 Å². The van der Waals surface area contributed by atoms with Gasteiger partial charge >= 0.3 is 0 Å².